The fraction of sp³-hybridized carbons (Fsp3) is 0.227. The van der Waals surface area contributed by atoms with Gasteiger partial charge in [0, 0.05) is 18.3 Å². The first-order chi connectivity index (χ1) is 14.4. The quantitative estimate of drug-likeness (QED) is 0.720. The fourth-order valence-corrected chi connectivity index (χ4v) is 3.36. The number of hydrogen-bond acceptors (Lipinski definition) is 4. The Labute approximate surface area is 173 Å². The van der Waals surface area contributed by atoms with Gasteiger partial charge in [-0.2, -0.15) is 5.10 Å². The van der Waals surface area contributed by atoms with Crippen molar-refractivity contribution in [3.05, 3.63) is 77.4 Å². The van der Waals surface area contributed by atoms with E-state index in [2.05, 4.69) is 10.4 Å². The highest BCUT2D eigenvalue weighted by atomic mass is 19.1. The second kappa shape index (κ2) is 7.98. The van der Waals surface area contributed by atoms with E-state index in [1.54, 1.807) is 55.1 Å². The molecule has 1 aliphatic heterocycles. The molecule has 0 spiro atoms. The predicted molar refractivity (Wildman–Crippen MR) is 109 cm³/mol. The third-order valence-corrected chi connectivity index (χ3v) is 5.06. The van der Waals surface area contributed by atoms with Crippen LogP contribution >= 0.6 is 0 Å². The summed E-state index contributed by atoms with van der Waals surface area (Å²) in [7, 11) is 1.64. The number of rotatable bonds is 4. The standard InChI is InChI=1S/C22H21FN4O3/c1-14-11-17(25-27(14)12-15-7-3-4-8-16(15)23)21(28)24-18-13-30-20-10-6-5-9-19(20)26(2)22(18)29/h3-11,18H,12-13H2,1-2H3,(H,24,28)/t18-/m0/s1. The zero-order chi connectivity index (χ0) is 21.3. The summed E-state index contributed by atoms with van der Waals surface area (Å²) in [4.78, 5) is 27.0. The number of aryl methyl sites for hydroxylation is 1. The number of nitrogens with zero attached hydrogens (tertiary/aromatic N) is 3. The predicted octanol–water partition coefficient (Wildman–Crippen LogP) is 2.53. The van der Waals surface area contributed by atoms with Crippen LogP contribution in [0.3, 0.4) is 0 Å². The Morgan fingerprint density at radius 2 is 1.97 bits per heavy atom. The van der Waals surface area contributed by atoms with E-state index < -0.39 is 11.9 Å². The Morgan fingerprint density at radius 3 is 2.77 bits per heavy atom. The van der Waals surface area contributed by atoms with Gasteiger partial charge < -0.3 is 15.0 Å². The highest BCUT2D eigenvalue weighted by Crippen LogP contribution is 2.29. The summed E-state index contributed by atoms with van der Waals surface area (Å²) >= 11 is 0. The van der Waals surface area contributed by atoms with Crippen LogP contribution in [0, 0.1) is 12.7 Å². The number of halogens is 1. The third kappa shape index (κ3) is 3.76. The van der Waals surface area contributed by atoms with Crippen LogP contribution in [0.4, 0.5) is 10.1 Å². The zero-order valence-corrected chi connectivity index (χ0v) is 16.6. The summed E-state index contributed by atoms with van der Waals surface area (Å²) in [6, 6.07) is 14.4. The Bertz CT molecular complexity index is 1110. The van der Waals surface area contributed by atoms with Crippen LogP contribution in [0.2, 0.25) is 0 Å². The monoisotopic (exact) mass is 408 g/mol. The smallest absolute Gasteiger partial charge is 0.272 e. The summed E-state index contributed by atoms with van der Waals surface area (Å²) in [5, 5.41) is 6.99. The summed E-state index contributed by atoms with van der Waals surface area (Å²) in [6.45, 7) is 2.01. The molecule has 8 heteroatoms. The molecule has 1 atom stereocenters. The van der Waals surface area contributed by atoms with Crippen molar-refractivity contribution >= 4 is 17.5 Å². The lowest BCUT2D eigenvalue weighted by molar-refractivity contribution is -0.120. The van der Waals surface area contributed by atoms with Crippen LogP contribution in [-0.2, 0) is 11.3 Å². The highest BCUT2D eigenvalue weighted by molar-refractivity contribution is 6.02. The molecule has 0 fully saturated rings. The number of hydrogen-bond donors (Lipinski definition) is 1. The molecule has 2 heterocycles. The van der Waals surface area contributed by atoms with Gasteiger partial charge in [0.05, 0.1) is 12.2 Å². The second-order valence-electron chi connectivity index (χ2n) is 7.12. The Hall–Kier alpha value is -3.68. The molecule has 154 valence electrons. The van der Waals surface area contributed by atoms with E-state index in [1.807, 2.05) is 12.1 Å². The number of ether oxygens (including phenoxy) is 1. The van der Waals surface area contributed by atoms with Crippen LogP contribution in [0.15, 0.2) is 54.6 Å². The molecule has 2 amide bonds. The number of carbonyl (C=O) groups excluding carboxylic acids is 2. The average molecular weight is 408 g/mol. The van der Waals surface area contributed by atoms with E-state index in [0.717, 1.165) is 0 Å². The molecule has 1 aliphatic rings. The number of amides is 2. The zero-order valence-electron chi connectivity index (χ0n) is 16.6. The Morgan fingerprint density at radius 1 is 1.23 bits per heavy atom. The van der Waals surface area contributed by atoms with Crippen molar-refractivity contribution in [2.45, 2.75) is 19.5 Å². The Kier molecular flexibility index (Phi) is 5.22. The summed E-state index contributed by atoms with van der Waals surface area (Å²) in [5.41, 5.74) is 1.98. The molecule has 7 nitrogen and oxygen atoms in total. The molecular weight excluding hydrogens is 387 g/mol. The molecule has 4 rings (SSSR count). The molecule has 3 aromatic rings. The van der Waals surface area contributed by atoms with Crippen molar-refractivity contribution in [1.82, 2.24) is 15.1 Å². The molecular formula is C22H21FN4O3. The van der Waals surface area contributed by atoms with Crippen molar-refractivity contribution in [3.8, 4) is 5.75 Å². The second-order valence-corrected chi connectivity index (χ2v) is 7.12. The van der Waals surface area contributed by atoms with E-state index in [0.29, 0.717) is 22.7 Å². The normalized spacial score (nSPS) is 15.9. The SMILES string of the molecule is Cc1cc(C(=O)N[C@H]2COc3ccccc3N(C)C2=O)nn1Cc1ccccc1F. The average Bonchev–Trinajstić information content (AvgIpc) is 3.07. The summed E-state index contributed by atoms with van der Waals surface area (Å²) in [6.07, 6.45) is 0. The third-order valence-electron chi connectivity index (χ3n) is 5.06. The fourth-order valence-electron chi connectivity index (χ4n) is 3.36. The Balaban J connectivity index is 1.49. The molecule has 30 heavy (non-hydrogen) atoms. The van der Waals surface area contributed by atoms with Gasteiger partial charge in [0.2, 0.25) is 0 Å². The van der Waals surface area contributed by atoms with Gasteiger partial charge in [0.15, 0.2) is 0 Å². The minimum atomic E-state index is -0.855. The maximum absolute atomic E-state index is 13.9. The number of anilines is 1. The first-order valence-corrected chi connectivity index (χ1v) is 9.52. The number of para-hydroxylation sites is 2. The van der Waals surface area contributed by atoms with E-state index >= 15 is 0 Å². The lowest BCUT2D eigenvalue weighted by atomic mass is 10.2. The molecule has 0 radical (unpaired) electrons. The molecule has 0 aliphatic carbocycles. The number of benzene rings is 2. The maximum atomic E-state index is 13.9. The molecule has 0 saturated heterocycles. The van der Waals surface area contributed by atoms with Gasteiger partial charge in [-0.05, 0) is 31.2 Å². The molecule has 1 aromatic heterocycles. The van der Waals surface area contributed by atoms with Gasteiger partial charge in [-0.25, -0.2) is 4.39 Å². The highest BCUT2D eigenvalue weighted by Gasteiger charge is 2.31. The van der Waals surface area contributed by atoms with Crippen LogP contribution < -0.4 is 15.0 Å². The molecule has 2 aromatic carbocycles. The largest absolute Gasteiger partial charge is 0.489 e. The van der Waals surface area contributed by atoms with Crippen molar-refractivity contribution in [3.63, 3.8) is 0 Å². The summed E-state index contributed by atoms with van der Waals surface area (Å²) < 4.78 is 21.2. The van der Waals surface area contributed by atoms with Crippen molar-refractivity contribution in [2.75, 3.05) is 18.6 Å². The van der Waals surface area contributed by atoms with Crippen LogP contribution in [-0.4, -0.2) is 41.3 Å². The minimum Gasteiger partial charge on any atom is -0.489 e. The van der Waals surface area contributed by atoms with Crippen molar-refractivity contribution in [2.24, 2.45) is 0 Å². The summed E-state index contributed by atoms with van der Waals surface area (Å²) in [5.74, 6) is -0.528. The van der Waals surface area contributed by atoms with Crippen LogP contribution in [0.25, 0.3) is 0 Å². The van der Waals surface area contributed by atoms with Gasteiger partial charge in [-0.1, -0.05) is 30.3 Å². The van der Waals surface area contributed by atoms with Gasteiger partial charge in [0.25, 0.3) is 11.8 Å². The van der Waals surface area contributed by atoms with E-state index in [4.69, 9.17) is 4.74 Å². The number of nitrogens with one attached hydrogen (secondary N) is 1. The van der Waals surface area contributed by atoms with E-state index in [1.165, 1.54) is 11.0 Å². The first kappa shape index (κ1) is 19.6. The van der Waals surface area contributed by atoms with E-state index in [9.17, 15) is 14.0 Å². The van der Waals surface area contributed by atoms with E-state index in [-0.39, 0.29) is 30.6 Å². The maximum Gasteiger partial charge on any atom is 0.272 e. The van der Waals surface area contributed by atoms with Gasteiger partial charge in [-0.3, -0.25) is 14.3 Å². The number of likely N-dealkylation sites (N-methyl/N-ethyl adjacent to an activating group) is 1. The van der Waals surface area contributed by atoms with Crippen LogP contribution in [0.5, 0.6) is 5.75 Å². The van der Waals surface area contributed by atoms with Crippen LogP contribution in [0.1, 0.15) is 21.7 Å². The molecule has 1 N–H and O–H groups in total. The number of carbonyl (C=O) groups is 2. The van der Waals surface area contributed by atoms with Gasteiger partial charge >= 0.3 is 0 Å². The molecule has 0 unspecified atom stereocenters. The lowest BCUT2D eigenvalue weighted by Gasteiger charge is -2.20. The number of aromatic nitrogens is 2. The van der Waals surface area contributed by atoms with Gasteiger partial charge in [-0.15, -0.1) is 0 Å². The molecule has 0 saturated carbocycles. The minimum absolute atomic E-state index is 0.0147. The van der Waals surface area contributed by atoms with Gasteiger partial charge in [0.1, 0.15) is 29.9 Å². The topological polar surface area (TPSA) is 76.5 Å². The van der Waals surface area contributed by atoms with Crippen molar-refractivity contribution in [1.29, 1.82) is 0 Å². The number of fused-ring (bicyclic) bond motifs is 1. The first-order valence-electron chi connectivity index (χ1n) is 9.52. The van der Waals surface area contributed by atoms with Crippen molar-refractivity contribution < 1.29 is 18.7 Å². The lowest BCUT2D eigenvalue weighted by Crippen LogP contribution is -2.49. The molecule has 0 bridgehead atoms.